The van der Waals surface area contributed by atoms with Crippen LogP contribution in [-0.2, 0) is 0 Å². The number of aryl methyl sites for hydroxylation is 1. The van der Waals surface area contributed by atoms with Crippen LogP contribution in [0.2, 0.25) is 0 Å². The fourth-order valence-electron chi connectivity index (χ4n) is 2.64. The van der Waals surface area contributed by atoms with Gasteiger partial charge in [-0.25, -0.2) is 0 Å². The molecule has 4 heteroatoms. The topological polar surface area (TPSA) is 62.0 Å². The average molecular weight is 308 g/mol. The Morgan fingerprint density at radius 2 is 1.74 bits per heavy atom. The number of nitrogens with one attached hydrogen (secondary N) is 2. The third kappa shape index (κ3) is 2.97. The Kier molecular flexibility index (Phi) is 3.48. The van der Waals surface area contributed by atoms with Crippen LogP contribution in [0.15, 0.2) is 41.2 Å². The summed E-state index contributed by atoms with van der Waals surface area (Å²) >= 11 is 0. The lowest BCUT2D eigenvalue weighted by molar-refractivity contribution is 0.0919. The number of hydrogen-bond donors (Lipinski definition) is 2. The molecule has 0 saturated carbocycles. The molecular formula is C19H20N2O2. The Labute approximate surface area is 134 Å². The fraction of sp³-hybridized carbons (Fsp3) is 0.263. The van der Waals surface area contributed by atoms with Crippen molar-refractivity contribution in [1.82, 2.24) is 10.3 Å². The largest absolute Gasteiger partial charge is 0.354 e. The molecule has 4 nitrogen and oxygen atoms in total. The maximum atomic E-state index is 12.6. The zero-order chi connectivity index (χ0) is 16.8. The highest BCUT2D eigenvalue weighted by Gasteiger charge is 2.16. The molecule has 2 aromatic carbocycles. The number of rotatable bonds is 1. The molecule has 23 heavy (non-hydrogen) atoms. The van der Waals surface area contributed by atoms with E-state index >= 15 is 0 Å². The first-order chi connectivity index (χ1) is 10.7. The normalized spacial score (nSPS) is 11.8. The molecule has 118 valence electrons. The number of benzene rings is 2. The highest BCUT2D eigenvalue weighted by atomic mass is 16.1. The Balaban J connectivity index is 2.17. The van der Waals surface area contributed by atoms with E-state index in [2.05, 4.69) is 10.3 Å². The van der Waals surface area contributed by atoms with Gasteiger partial charge in [-0.3, -0.25) is 9.59 Å². The molecule has 1 amide bonds. The minimum absolute atomic E-state index is 0.0137. The van der Waals surface area contributed by atoms with Gasteiger partial charge in [0.2, 0.25) is 0 Å². The van der Waals surface area contributed by atoms with Gasteiger partial charge < -0.3 is 10.3 Å². The highest BCUT2D eigenvalue weighted by molar-refractivity contribution is 6.00. The number of carbonyl (C=O) groups excluding carboxylic acids is 1. The molecule has 3 rings (SSSR count). The summed E-state index contributed by atoms with van der Waals surface area (Å²) in [7, 11) is 0. The molecule has 3 aromatic rings. The minimum Gasteiger partial charge on any atom is -0.354 e. The molecule has 0 unspecified atom stereocenters. The summed E-state index contributed by atoms with van der Waals surface area (Å²) in [4.78, 5) is 28.2. The van der Waals surface area contributed by atoms with Crippen LogP contribution >= 0.6 is 0 Å². The van der Waals surface area contributed by atoms with Crippen molar-refractivity contribution in [2.75, 3.05) is 0 Å². The first-order valence-electron chi connectivity index (χ1n) is 7.63. The molecule has 0 atom stereocenters. The standard InChI is InChI=1S/C19H20N2O2/c1-11-5-8-15-14(9-11)17(22)13-7-6-12(10-16(13)20-15)18(23)21-19(2,3)4/h5-10H,1-4H3,(H,20,22)(H,21,23). The molecule has 0 spiro atoms. The van der Waals surface area contributed by atoms with Gasteiger partial charge in [0.15, 0.2) is 5.43 Å². The minimum atomic E-state index is -0.305. The van der Waals surface area contributed by atoms with Crippen LogP contribution in [0.5, 0.6) is 0 Å². The van der Waals surface area contributed by atoms with Gasteiger partial charge in [0, 0.05) is 27.4 Å². The van der Waals surface area contributed by atoms with E-state index in [1.165, 1.54) is 0 Å². The zero-order valence-corrected chi connectivity index (χ0v) is 13.8. The third-order valence-corrected chi connectivity index (χ3v) is 3.70. The van der Waals surface area contributed by atoms with Crippen molar-refractivity contribution < 1.29 is 4.79 Å². The van der Waals surface area contributed by atoms with E-state index in [-0.39, 0.29) is 16.9 Å². The van der Waals surface area contributed by atoms with Crippen LogP contribution in [0.4, 0.5) is 0 Å². The first kappa shape index (κ1) is 15.3. The second kappa shape index (κ2) is 5.23. The Bertz CT molecular complexity index is 978. The van der Waals surface area contributed by atoms with Gasteiger partial charge in [0.25, 0.3) is 5.91 Å². The molecule has 0 radical (unpaired) electrons. The van der Waals surface area contributed by atoms with Crippen LogP contribution in [0, 0.1) is 6.92 Å². The van der Waals surface area contributed by atoms with Gasteiger partial charge in [-0.1, -0.05) is 11.6 Å². The summed E-state index contributed by atoms with van der Waals surface area (Å²) in [6, 6.07) is 10.9. The van der Waals surface area contributed by atoms with Crippen LogP contribution in [0.1, 0.15) is 36.7 Å². The molecule has 0 aliphatic carbocycles. The number of fused-ring (bicyclic) bond motifs is 2. The van der Waals surface area contributed by atoms with Gasteiger partial charge in [0.1, 0.15) is 0 Å². The third-order valence-electron chi connectivity index (χ3n) is 3.70. The molecule has 1 heterocycles. The van der Waals surface area contributed by atoms with Crippen LogP contribution in [0.25, 0.3) is 21.8 Å². The molecule has 0 aliphatic rings. The summed E-state index contributed by atoms with van der Waals surface area (Å²) in [5.74, 6) is -0.149. The number of aromatic amines is 1. The molecule has 0 fully saturated rings. The maximum Gasteiger partial charge on any atom is 0.251 e. The number of aromatic nitrogens is 1. The van der Waals surface area contributed by atoms with Gasteiger partial charge in [-0.2, -0.15) is 0 Å². The number of hydrogen-bond acceptors (Lipinski definition) is 2. The van der Waals surface area contributed by atoms with E-state index in [4.69, 9.17) is 0 Å². The van der Waals surface area contributed by atoms with Crippen molar-refractivity contribution in [1.29, 1.82) is 0 Å². The number of amides is 1. The predicted molar refractivity (Wildman–Crippen MR) is 94.0 cm³/mol. The van der Waals surface area contributed by atoms with Crippen LogP contribution in [-0.4, -0.2) is 16.4 Å². The lowest BCUT2D eigenvalue weighted by Crippen LogP contribution is -2.40. The van der Waals surface area contributed by atoms with Crippen LogP contribution in [0.3, 0.4) is 0 Å². The number of H-pyrrole nitrogens is 1. The maximum absolute atomic E-state index is 12.6. The van der Waals surface area contributed by atoms with Crippen molar-refractivity contribution >= 4 is 27.7 Å². The van der Waals surface area contributed by atoms with Crippen molar-refractivity contribution in [3.63, 3.8) is 0 Å². The monoisotopic (exact) mass is 308 g/mol. The average Bonchev–Trinajstić information content (AvgIpc) is 2.46. The van der Waals surface area contributed by atoms with Gasteiger partial charge in [-0.05, 0) is 58.0 Å². The lowest BCUT2D eigenvalue weighted by Gasteiger charge is -2.20. The predicted octanol–water partition coefficient (Wildman–Crippen LogP) is 3.52. The molecule has 0 saturated heterocycles. The first-order valence-corrected chi connectivity index (χ1v) is 7.63. The molecule has 0 aliphatic heterocycles. The van der Waals surface area contributed by atoms with E-state index in [1.807, 2.05) is 45.9 Å². The van der Waals surface area contributed by atoms with E-state index in [9.17, 15) is 9.59 Å². The second-order valence-corrected chi connectivity index (χ2v) is 6.97. The van der Waals surface area contributed by atoms with Crippen molar-refractivity contribution in [3.05, 3.63) is 57.7 Å². The lowest BCUT2D eigenvalue weighted by atomic mass is 10.0. The number of pyridine rings is 1. The SMILES string of the molecule is Cc1ccc2[nH]c3cc(C(=O)NC(C)(C)C)ccc3c(=O)c2c1. The van der Waals surface area contributed by atoms with Crippen molar-refractivity contribution in [3.8, 4) is 0 Å². The van der Waals surface area contributed by atoms with E-state index in [0.29, 0.717) is 21.9 Å². The zero-order valence-electron chi connectivity index (χ0n) is 13.8. The summed E-state index contributed by atoms with van der Waals surface area (Å²) in [6.45, 7) is 7.76. The van der Waals surface area contributed by atoms with Gasteiger partial charge in [-0.15, -0.1) is 0 Å². The molecular weight excluding hydrogens is 288 g/mol. The molecule has 2 N–H and O–H groups in total. The second-order valence-electron chi connectivity index (χ2n) is 6.97. The Morgan fingerprint density at radius 1 is 1.00 bits per heavy atom. The highest BCUT2D eigenvalue weighted by Crippen LogP contribution is 2.17. The summed E-state index contributed by atoms with van der Waals surface area (Å²) in [5.41, 5.74) is 2.72. The van der Waals surface area contributed by atoms with Crippen molar-refractivity contribution in [2.24, 2.45) is 0 Å². The Morgan fingerprint density at radius 3 is 2.43 bits per heavy atom. The van der Waals surface area contributed by atoms with Gasteiger partial charge >= 0.3 is 0 Å². The van der Waals surface area contributed by atoms with Crippen molar-refractivity contribution in [2.45, 2.75) is 33.2 Å². The van der Waals surface area contributed by atoms with Crippen LogP contribution < -0.4 is 10.7 Å². The van der Waals surface area contributed by atoms with E-state index in [1.54, 1.807) is 18.2 Å². The Hall–Kier alpha value is -2.62. The fourth-order valence-corrected chi connectivity index (χ4v) is 2.64. The van der Waals surface area contributed by atoms with Gasteiger partial charge in [0.05, 0.1) is 5.52 Å². The van der Waals surface area contributed by atoms with E-state index < -0.39 is 0 Å². The molecule has 1 aromatic heterocycles. The van der Waals surface area contributed by atoms with E-state index in [0.717, 1.165) is 11.1 Å². The quantitative estimate of drug-likeness (QED) is 0.676. The summed E-state index contributed by atoms with van der Waals surface area (Å²) in [5, 5.41) is 4.19. The smallest absolute Gasteiger partial charge is 0.251 e. The number of carbonyl (C=O) groups is 1. The summed E-state index contributed by atoms with van der Waals surface area (Å²) < 4.78 is 0. The molecule has 0 bridgehead atoms. The summed E-state index contributed by atoms with van der Waals surface area (Å²) in [6.07, 6.45) is 0.